The fourth-order valence-corrected chi connectivity index (χ4v) is 2.82. The first kappa shape index (κ1) is 10.9. The molecule has 76 valence electrons. The van der Waals surface area contributed by atoms with E-state index in [0.717, 1.165) is 9.78 Å². The fourth-order valence-electron chi connectivity index (χ4n) is 1.79. The third-order valence-electron chi connectivity index (χ3n) is 3.06. The molecule has 1 aliphatic heterocycles. The van der Waals surface area contributed by atoms with Crippen LogP contribution in [0.5, 0.6) is 0 Å². The summed E-state index contributed by atoms with van der Waals surface area (Å²) in [4.78, 5) is 2.11. The van der Waals surface area contributed by atoms with E-state index in [4.69, 9.17) is 0 Å². The predicted octanol–water partition coefficient (Wildman–Crippen LogP) is 1.72. The molecule has 0 aromatic heterocycles. The first-order valence-corrected chi connectivity index (χ1v) is 5.61. The Kier molecular flexibility index (Phi) is 2.41. The molecule has 0 saturated heterocycles. The first-order chi connectivity index (χ1) is 5.76. The van der Waals surface area contributed by atoms with Crippen LogP contribution in [0.2, 0.25) is 0 Å². The molecule has 0 aromatic carbocycles. The van der Waals surface area contributed by atoms with E-state index in [9.17, 15) is 5.21 Å². The van der Waals surface area contributed by atoms with E-state index in [1.807, 2.05) is 27.2 Å². The minimum absolute atomic E-state index is 0.148. The maximum Gasteiger partial charge on any atom is 0.243 e. The van der Waals surface area contributed by atoms with Crippen molar-refractivity contribution in [3.8, 4) is 0 Å². The van der Waals surface area contributed by atoms with Gasteiger partial charge in [-0.25, -0.2) is 4.90 Å². The normalized spacial score (nSPS) is 26.9. The summed E-state index contributed by atoms with van der Waals surface area (Å²) >= 11 is 1.54. The van der Waals surface area contributed by atoms with E-state index in [1.54, 1.807) is 11.8 Å². The Morgan fingerprint density at radius 1 is 1.31 bits per heavy atom. The van der Waals surface area contributed by atoms with Crippen LogP contribution in [-0.4, -0.2) is 39.2 Å². The minimum Gasteiger partial charge on any atom is -0.622 e. The maximum absolute atomic E-state index is 11.9. The van der Waals surface area contributed by atoms with Gasteiger partial charge in [0.25, 0.3) is 0 Å². The largest absolute Gasteiger partial charge is 0.622 e. The zero-order valence-electron chi connectivity index (χ0n) is 9.21. The molecule has 1 aliphatic rings. The molecule has 1 heterocycles. The topological polar surface area (TPSA) is 29.3 Å². The summed E-state index contributed by atoms with van der Waals surface area (Å²) < 4.78 is 1.12. The van der Waals surface area contributed by atoms with Gasteiger partial charge in [-0.1, -0.05) is 11.8 Å². The molecule has 0 aliphatic carbocycles. The van der Waals surface area contributed by atoms with Crippen molar-refractivity contribution in [3.05, 3.63) is 5.21 Å². The number of thioether (sulfide) groups is 1. The predicted molar refractivity (Wildman–Crippen MR) is 58.1 cm³/mol. The molecular weight excluding hydrogens is 184 g/mol. The molecule has 0 unspecified atom stereocenters. The number of hydrogen-bond acceptors (Lipinski definition) is 3. The molecule has 4 heteroatoms. The highest BCUT2D eigenvalue weighted by Crippen LogP contribution is 2.35. The Morgan fingerprint density at radius 3 is 1.92 bits per heavy atom. The lowest BCUT2D eigenvalue weighted by Crippen LogP contribution is -2.50. The summed E-state index contributed by atoms with van der Waals surface area (Å²) in [6.45, 7) is 8.06. The molecule has 13 heavy (non-hydrogen) atoms. The Hall–Kier alpha value is -0.220. The Morgan fingerprint density at radius 2 is 1.77 bits per heavy atom. The van der Waals surface area contributed by atoms with Gasteiger partial charge in [-0.3, -0.25) is 0 Å². The van der Waals surface area contributed by atoms with E-state index in [-0.39, 0.29) is 5.54 Å². The van der Waals surface area contributed by atoms with E-state index in [2.05, 4.69) is 18.7 Å². The number of hydrogen-bond donors (Lipinski definition) is 0. The second-order valence-electron chi connectivity index (χ2n) is 4.42. The van der Waals surface area contributed by atoms with E-state index < -0.39 is 5.66 Å². The van der Waals surface area contributed by atoms with Crippen molar-refractivity contribution in [2.45, 2.75) is 38.9 Å². The van der Waals surface area contributed by atoms with Crippen LogP contribution < -0.4 is 0 Å². The van der Waals surface area contributed by atoms with Gasteiger partial charge in [0.15, 0.2) is 0 Å². The summed E-state index contributed by atoms with van der Waals surface area (Å²) in [5.74, 6) is 0. The van der Waals surface area contributed by atoms with Gasteiger partial charge in [0.05, 0.1) is 0 Å². The summed E-state index contributed by atoms with van der Waals surface area (Å²) in [5.41, 5.74) is -0.577. The third kappa shape index (κ3) is 1.27. The van der Waals surface area contributed by atoms with Crippen LogP contribution >= 0.6 is 11.8 Å². The SMILES string of the molecule is CSC1=[N+]([O-])C(C)(C)N(C)C1(C)C. The molecule has 0 spiro atoms. The van der Waals surface area contributed by atoms with Crippen molar-refractivity contribution in [3.63, 3.8) is 0 Å². The van der Waals surface area contributed by atoms with Crippen molar-refractivity contribution in [1.29, 1.82) is 0 Å². The highest BCUT2D eigenvalue weighted by Gasteiger charge is 2.54. The summed E-state index contributed by atoms with van der Waals surface area (Å²) in [6.07, 6.45) is 1.96. The Bertz CT molecular complexity index is 258. The van der Waals surface area contributed by atoms with Crippen molar-refractivity contribution in [2.75, 3.05) is 13.3 Å². The lowest BCUT2D eigenvalue weighted by Gasteiger charge is -2.32. The molecule has 0 bridgehead atoms. The minimum atomic E-state index is -0.429. The zero-order valence-corrected chi connectivity index (χ0v) is 10.0. The van der Waals surface area contributed by atoms with Gasteiger partial charge in [-0.15, -0.1) is 0 Å². The average Bonchev–Trinajstić information content (AvgIpc) is 2.12. The molecule has 3 nitrogen and oxygen atoms in total. The van der Waals surface area contributed by atoms with Crippen LogP contribution in [0.3, 0.4) is 0 Å². The van der Waals surface area contributed by atoms with E-state index in [1.165, 1.54) is 0 Å². The van der Waals surface area contributed by atoms with Crippen molar-refractivity contribution in [1.82, 2.24) is 4.90 Å². The van der Waals surface area contributed by atoms with Crippen LogP contribution in [0.4, 0.5) is 0 Å². The van der Waals surface area contributed by atoms with Crippen LogP contribution in [0.15, 0.2) is 0 Å². The van der Waals surface area contributed by atoms with Crippen LogP contribution in [0.25, 0.3) is 0 Å². The molecule has 0 N–H and O–H groups in total. The fraction of sp³-hybridized carbons (Fsp3) is 0.889. The smallest absolute Gasteiger partial charge is 0.243 e. The van der Waals surface area contributed by atoms with Gasteiger partial charge >= 0.3 is 0 Å². The zero-order chi connectivity index (χ0) is 10.4. The van der Waals surface area contributed by atoms with Gasteiger partial charge in [0.2, 0.25) is 10.7 Å². The Balaban J connectivity index is 3.23. The Labute approximate surface area is 84.4 Å². The van der Waals surface area contributed by atoms with Gasteiger partial charge in [-0.2, -0.15) is 4.74 Å². The quantitative estimate of drug-likeness (QED) is 0.442. The molecule has 0 aromatic rings. The van der Waals surface area contributed by atoms with Crippen molar-refractivity contribution < 1.29 is 4.74 Å². The van der Waals surface area contributed by atoms with Crippen molar-refractivity contribution in [2.24, 2.45) is 0 Å². The van der Waals surface area contributed by atoms with Crippen LogP contribution in [0, 0.1) is 5.21 Å². The second kappa shape index (κ2) is 2.89. The molecular formula is C9H18N2OS. The molecule has 0 fully saturated rings. The summed E-state index contributed by atoms with van der Waals surface area (Å²) in [6, 6.07) is 0. The van der Waals surface area contributed by atoms with Gasteiger partial charge in [-0.05, 0) is 27.2 Å². The maximum atomic E-state index is 11.9. The molecule has 0 radical (unpaired) electrons. The molecule has 0 amide bonds. The molecule has 0 saturated carbocycles. The molecule has 1 rings (SSSR count). The van der Waals surface area contributed by atoms with E-state index in [0.29, 0.717) is 0 Å². The number of rotatable bonds is 0. The average molecular weight is 202 g/mol. The molecule has 0 atom stereocenters. The lowest BCUT2D eigenvalue weighted by molar-refractivity contribution is -0.554. The van der Waals surface area contributed by atoms with Crippen LogP contribution in [-0.2, 0) is 0 Å². The highest BCUT2D eigenvalue weighted by atomic mass is 32.2. The standard InChI is InChI=1S/C9H18N2OS/c1-8(2)7(13-6)11(12)9(3,4)10(8)5/h1-6H3. The summed E-state index contributed by atoms with van der Waals surface area (Å²) in [5, 5.41) is 12.8. The van der Waals surface area contributed by atoms with Gasteiger partial charge in [0, 0.05) is 13.8 Å². The third-order valence-corrected chi connectivity index (χ3v) is 4.11. The highest BCUT2D eigenvalue weighted by molar-refractivity contribution is 8.13. The lowest BCUT2D eigenvalue weighted by atomic mass is 10.0. The monoisotopic (exact) mass is 202 g/mol. The number of nitrogens with zero attached hydrogens (tertiary/aromatic N) is 2. The van der Waals surface area contributed by atoms with Gasteiger partial charge < -0.3 is 5.21 Å². The number of hydroxylamine groups is 1. The second-order valence-corrected chi connectivity index (χ2v) is 5.21. The van der Waals surface area contributed by atoms with Gasteiger partial charge in [0.1, 0.15) is 5.54 Å². The van der Waals surface area contributed by atoms with Crippen LogP contribution in [0.1, 0.15) is 27.7 Å². The van der Waals surface area contributed by atoms with E-state index >= 15 is 0 Å². The van der Waals surface area contributed by atoms with Crippen molar-refractivity contribution >= 4 is 16.8 Å². The summed E-state index contributed by atoms with van der Waals surface area (Å²) in [7, 11) is 1.99. The first-order valence-electron chi connectivity index (χ1n) is 4.39.